The number of nitrogens with one attached hydrogen (secondary N) is 1. The molecule has 0 radical (unpaired) electrons. The summed E-state index contributed by atoms with van der Waals surface area (Å²) in [5, 5.41) is 27.7. The zero-order valence-corrected chi connectivity index (χ0v) is 15.7. The number of rotatable bonds is 4. The molecule has 2 aromatic carbocycles. The van der Waals surface area contributed by atoms with E-state index in [4.69, 9.17) is 0 Å². The first-order valence-electron chi connectivity index (χ1n) is 8.85. The number of nitriles is 1. The van der Waals surface area contributed by atoms with Gasteiger partial charge in [-0.1, -0.05) is 18.2 Å². The number of pyridine rings is 1. The zero-order chi connectivity index (χ0) is 21.3. The van der Waals surface area contributed by atoms with Crippen LogP contribution in [0.25, 0.3) is 22.2 Å². The van der Waals surface area contributed by atoms with E-state index in [1.807, 2.05) is 12.1 Å². The van der Waals surface area contributed by atoms with Gasteiger partial charge in [0.2, 0.25) is 0 Å². The molecule has 2 aromatic heterocycles. The third-order valence-electron chi connectivity index (χ3n) is 4.54. The van der Waals surface area contributed by atoms with Crippen molar-refractivity contribution in [3.63, 3.8) is 0 Å². The molecular weight excluding hydrogens is 384 g/mol. The molecule has 0 saturated heterocycles. The number of amides is 1. The van der Waals surface area contributed by atoms with E-state index in [-0.39, 0.29) is 16.9 Å². The van der Waals surface area contributed by atoms with E-state index < -0.39 is 10.8 Å². The lowest BCUT2D eigenvalue weighted by Crippen LogP contribution is -2.14. The van der Waals surface area contributed by atoms with E-state index >= 15 is 0 Å². The van der Waals surface area contributed by atoms with Gasteiger partial charge in [-0.25, -0.2) is 4.98 Å². The predicted octanol–water partition coefficient (Wildman–Crippen LogP) is 3.67. The number of hydrogen-bond donors (Lipinski definition) is 1. The summed E-state index contributed by atoms with van der Waals surface area (Å²) in [6.45, 7) is 0. The number of carbonyl (C=O) groups is 1. The minimum atomic E-state index is -0.594. The van der Waals surface area contributed by atoms with Gasteiger partial charge in [-0.2, -0.15) is 10.4 Å². The molecule has 9 heteroatoms. The third kappa shape index (κ3) is 3.45. The molecule has 0 bridgehead atoms. The molecular formula is C21H14N6O3. The molecule has 0 fully saturated rings. The average Bonchev–Trinajstić information content (AvgIpc) is 3.19. The molecule has 2 heterocycles. The Morgan fingerprint density at radius 2 is 2.03 bits per heavy atom. The summed E-state index contributed by atoms with van der Waals surface area (Å²) in [5.74, 6) is -0.455. The fraction of sp³-hybridized carbons (Fsp3) is 0.0476. The van der Waals surface area contributed by atoms with Gasteiger partial charge < -0.3 is 5.32 Å². The van der Waals surface area contributed by atoms with Crippen molar-refractivity contribution in [2.24, 2.45) is 7.05 Å². The van der Waals surface area contributed by atoms with Gasteiger partial charge in [-0.3, -0.25) is 19.6 Å². The van der Waals surface area contributed by atoms with Gasteiger partial charge in [0.05, 0.1) is 39.1 Å². The van der Waals surface area contributed by atoms with E-state index in [2.05, 4.69) is 15.4 Å². The van der Waals surface area contributed by atoms with Crippen LogP contribution in [0.2, 0.25) is 0 Å². The molecule has 0 spiro atoms. The molecule has 0 aliphatic heterocycles. The minimum Gasteiger partial charge on any atom is -0.321 e. The molecule has 0 unspecified atom stereocenters. The van der Waals surface area contributed by atoms with Gasteiger partial charge in [0.15, 0.2) is 0 Å². The first-order chi connectivity index (χ1) is 14.5. The highest BCUT2D eigenvalue weighted by atomic mass is 16.6. The fourth-order valence-electron chi connectivity index (χ4n) is 3.10. The number of nitro benzene ring substituents is 1. The van der Waals surface area contributed by atoms with E-state index in [9.17, 15) is 20.2 Å². The summed E-state index contributed by atoms with van der Waals surface area (Å²) < 4.78 is 1.64. The first kappa shape index (κ1) is 18.8. The summed E-state index contributed by atoms with van der Waals surface area (Å²) in [6, 6.07) is 14.5. The first-order valence-corrected chi connectivity index (χ1v) is 8.85. The van der Waals surface area contributed by atoms with Crippen LogP contribution in [-0.2, 0) is 7.05 Å². The molecule has 1 N–H and O–H groups in total. The summed E-state index contributed by atoms with van der Waals surface area (Å²) in [6.07, 6.45) is 3.45. The lowest BCUT2D eigenvalue weighted by molar-refractivity contribution is -0.384. The van der Waals surface area contributed by atoms with Crippen molar-refractivity contribution in [2.75, 3.05) is 5.32 Å². The lowest BCUT2D eigenvalue weighted by atomic mass is 10.0. The van der Waals surface area contributed by atoms with E-state index in [1.54, 1.807) is 48.4 Å². The van der Waals surface area contributed by atoms with Gasteiger partial charge in [0, 0.05) is 36.3 Å². The SMILES string of the molecule is Cn1cc(-c2cc(C(=O)Nc3ccc([N+](=O)[O-])cc3C#N)c3ccccc3n2)cn1. The number of hydrogen-bond acceptors (Lipinski definition) is 6. The molecule has 30 heavy (non-hydrogen) atoms. The topological polar surface area (TPSA) is 127 Å². The molecule has 0 aliphatic rings. The van der Waals surface area contributed by atoms with Gasteiger partial charge in [-0.05, 0) is 18.2 Å². The fourth-order valence-corrected chi connectivity index (χ4v) is 3.10. The Morgan fingerprint density at radius 3 is 2.73 bits per heavy atom. The van der Waals surface area contributed by atoms with Gasteiger partial charge in [0.25, 0.3) is 11.6 Å². The van der Waals surface area contributed by atoms with Crippen LogP contribution in [0.15, 0.2) is 60.9 Å². The van der Waals surface area contributed by atoms with Crippen LogP contribution < -0.4 is 5.32 Å². The predicted molar refractivity (Wildman–Crippen MR) is 110 cm³/mol. The minimum absolute atomic E-state index is 0.00314. The lowest BCUT2D eigenvalue weighted by Gasteiger charge is -2.11. The van der Waals surface area contributed by atoms with E-state index in [1.165, 1.54) is 12.1 Å². The van der Waals surface area contributed by atoms with Crippen molar-refractivity contribution >= 4 is 28.2 Å². The van der Waals surface area contributed by atoms with E-state index in [0.717, 1.165) is 11.6 Å². The summed E-state index contributed by atoms with van der Waals surface area (Å²) >= 11 is 0. The highest BCUT2D eigenvalue weighted by Crippen LogP contribution is 2.27. The molecule has 4 rings (SSSR count). The Balaban J connectivity index is 1.78. The Kier molecular flexibility index (Phi) is 4.66. The number of nitro groups is 1. The Hall–Kier alpha value is -4.58. The Bertz CT molecular complexity index is 1350. The second-order valence-electron chi connectivity index (χ2n) is 6.53. The molecule has 146 valence electrons. The number of non-ortho nitro benzene ring substituents is 1. The number of aryl methyl sites for hydroxylation is 1. The summed E-state index contributed by atoms with van der Waals surface area (Å²) in [4.78, 5) is 28.1. The largest absolute Gasteiger partial charge is 0.321 e. The number of nitrogens with zero attached hydrogens (tertiary/aromatic N) is 5. The molecule has 9 nitrogen and oxygen atoms in total. The number of carbonyl (C=O) groups excluding carboxylic acids is 1. The van der Waals surface area contributed by atoms with Crippen molar-refractivity contribution < 1.29 is 9.72 Å². The maximum atomic E-state index is 13.1. The van der Waals surface area contributed by atoms with Crippen molar-refractivity contribution in [1.29, 1.82) is 5.26 Å². The Morgan fingerprint density at radius 1 is 1.23 bits per heavy atom. The number of fused-ring (bicyclic) bond motifs is 1. The second-order valence-corrected chi connectivity index (χ2v) is 6.53. The number of anilines is 1. The number of benzene rings is 2. The van der Waals surface area contributed by atoms with Crippen LogP contribution >= 0.6 is 0 Å². The maximum absolute atomic E-state index is 13.1. The molecule has 0 saturated carbocycles. The van der Waals surface area contributed by atoms with Crippen molar-refractivity contribution in [3.8, 4) is 17.3 Å². The molecule has 4 aromatic rings. The average molecular weight is 398 g/mol. The highest BCUT2D eigenvalue weighted by molar-refractivity contribution is 6.13. The molecule has 0 aliphatic carbocycles. The number of para-hydroxylation sites is 1. The standard InChI is InChI=1S/C21H14N6O3/c1-26-12-14(11-23-26)20-9-17(16-4-2-3-5-19(16)24-20)21(28)25-18-7-6-15(27(29)30)8-13(18)10-22/h2-9,11-12H,1H3,(H,25,28). The summed E-state index contributed by atoms with van der Waals surface area (Å²) in [5.41, 5.74) is 2.30. The van der Waals surface area contributed by atoms with Crippen LogP contribution in [0.5, 0.6) is 0 Å². The number of aromatic nitrogens is 3. The van der Waals surface area contributed by atoms with Crippen LogP contribution in [0.1, 0.15) is 15.9 Å². The monoisotopic (exact) mass is 398 g/mol. The quantitative estimate of drug-likeness (QED) is 0.413. The van der Waals surface area contributed by atoms with Crippen LogP contribution in [0.4, 0.5) is 11.4 Å². The Labute approximate surface area is 170 Å². The van der Waals surface area contributed by atoms with Crippen molar-refractivity contribution in [1.82, 2.24) is 14.8 Å². The van der Waals surface area contributed by atoms with Gasteiger partial charge in [0.1, 0.15) is 6.07 Å². The molecule has 0 atom stereocenters. The smallest absolute Gasteiger partial charge is 0.270 e. The van der Waals surface area contributed by atoms with Gasteiger partial charge in [-0.15, -0.1) is 0 Å². The van der Waals surface area contributed by atoms with Crippen LogP contribution in [0.3, 0.4) is 0 Å². The second kappa shape index (κ2) is 7.44. The molecule has 1 amide bonds. The van der Waals surface area contributed by atoms with Crippen molar-refractivity contribution in [3.05, 3.63) is 82.2 Å². The van der Waals surface area contributed by atoms with Gasteiger partial charge >= 0.3 is 0 Å². The van der Waals surface area contributed by atoms with Crippen molar-refractivity contribution in [2.45, 2.75) is 0 Å². The maximum Gasteiger partial charge on any atom is 0.270 e. The normalized spacial score (nSPS) is 10.5. The van der Waals surface area contributed by atoms with Crippen LogP contribution in [-0.4, -0.2) is 25.6 Å². The third-order valence-corrected chi connectivity index (χ3v) is 4.54. The summed E-state index contributed by atoms with van der Waals surface area (Å²) in [7, 11) is 1.79. The highest BCUT2D eigenvalue weighted by Gasteiger charge is 2.17. The van der Waals surface area contributed by atoms with E-state index in [0.29, 0.717) is 22.2 Å². The zero-order valence-electron chi connectivity index (χ0n) is 15.7. The van der Waals surface area contributed by atoms with Crippen LogP contribution in [0, 0.1) is 21.4 Å².